The molecule has 2 aromatic carbocycles. The summed E-state index contributed by atoms with van der Waals surface area (Å²) in [5.41, 5.74) is 3.28. The number of nitrogens with zero attached hydrogens (tertiary/aromatic N) is 1. The maximum absolute atomic E-state index is 13.2. The van der Waals surface area contributed by atoms with Crippen LogP contribution in [0.5, 0.6) is 0 Å². The fourth-order valence-corrected chi connectivity index (χ4v) is 5.08. The normalized spacial score (nSPS) is 21.7. The van der Waals surface area contributed by atoms with Crippen molar-refractivity contribution in [1.29, 1.82) is 0 Å². The Morgan fingerprint density at radius 2 is 1.81 bits per heavy atom. The quantitative estimate of drug-likeness (QED) is 0.621. The average Bonchev–Trinajstić information content (AvgIpc) is 3.09. The number of carbonyl (C=O) groups is 1. The first-order valence-electron chi connectivity index (χ1n) is 9.39. The molecule has 0 saturated heterocycles. The van der Waals surface area contributed by atoms with E-state index in [0.29, 0.717) is 5.92 Å². The number of hydrogen-bond donors (Lipinski definition) is 0. The molecular formula is C24H23NOS. The van der Waals surface area contributed by atoms with E-state index >= 15 is 0 Å². The molecule has 0 aromatic heterocycles. The minimum Gasteiger partial charge on any atom is -0.351 e. The van der Waals surface area contributed by atoms with Gasteiger partial charge in [0.25, 0.3) is 0 Å². The van der Waals surface area contributed by atoms with Crippen LogP contribution in [0.1, 0.15) is 29.3 Å². The van der Waals surface area contributed by atoms with E-state index in [0.717, 1.165) is 18.5 Å². The molecule has 0 N–H and O–H groups in total. The second-order valence-corrected chi connectivity index (χ2v) is 8.08. The van der Waals surface area contributed by atoms with Crippen molar-refractivity contribution in [1.82, 2.24) is 4.90 Å². The van der Waals surface area contributed by atoms with Gasteiger partial charge in [0.2, 0.25) is 0 Å². The van der Waals surface area contributed by atoms with Gasteiger partial charge in [0.15, 0.2) is 5.78 Å². The van der Waals surface area contributed by atoms with Crippen molar-refractivity contribution in [3.8, 4) is 0 Å². The number of benzene rings is 2. The molecule has 0 fully saturated rings. The van der Waals surface area contributed by atoms with E-state index in [1.165, 1.54) is 16.2 Å². The monoisotopic (exact) mass is 373 g/mol. The molecule has 1 heterocycles. The van der Waals surface area contributed by atoms with Crippen molar-refractivity contribution in [2.45, 2.75) is 18.7 Å². The molecule has 27 heavy (non-hydrogen) atoms. The summed E-state index contributed by atoms with van der Waals surface area (Å²) in [6, 6.07) is 19.9. The maximum atomic E-state index is 13.2. The summed E-state index contributed by atoms with van der Waals surface area (Å²) in [4.78, 5) is 16.7. The summed E-state index contributed by atoms with van der Waals surface area (Å²) in [6.45, 7) is 2.99. The molecule has 0 radical (unpaired) electrons. The van der Waals surface area contributed by atoms with Crippen molar-refractivity contribution < 1.29 is 4.79 Å². The van der Waals surface area contributed by atoms with Crippen molar-refractivity contribution in [2.24, 2.45) is 5.92 Å². The van der Waals surface area contributed by atoms with Crippen molar-refractivity contribution >= 4 is 23.6 Å². The van der Waals surface area contributed by atoms with Gasteiger partial charge in [0.05, 0.1) is 0 Å². The van der Waals surface area contributed by atoms with Crippen LogP contribution in [0.2, 0.25) is 0 Å². The van der Waals surface area contributed by atoms with Crippen LogP contribution < -0.4 is 0 Å². The van der Waals surface area contributed by atoms with Crippen molar-refractivity contribution in [3.63, 3.8) is 0 Å². The van der Waals surface area contributed by atoms with Crippen LogP contribution in [0.4, 0.5) is 0 Å². The highest BCUT2D eigenvalue weighted by atomic mass is 32.2. The summed E-state index contributed by atoms with van der Waals surface area (Å²) in [5.74, 6) is 0.625. The molecule has 2 nitrogen and oxygen atoms in total. The summed E-state index contributed by atoms with van der Waals surface area (Å²) in [6.07, 6.45) is 9.75. The molecule has 136 valence electrons. The van der Waals surface area contributed by atoms with Gasteiger partial charge in [-0.05, 0) is 12.0 Å². The smallest absolute Gasteiger partial charge is 0.195 e. The van der Waals surface area contributed by atoms with E-state index < -0.39 is 0 Å². The van der Waals surface area contributed by atoms with Gasteiger partial charge in [0, 0.05) is 28.6 Å². The molecule has 4 rings (SSSR count). The molecule has 0 amide bonds. The molecule has 1 aliphatic carbocycles. The Morgan fingerprint density at radius 1 is 1.11 bits per heavy atom. The predicted octanol–water partition coefficient (Wildman–Crippen LogP) is 5.77. The molecule has 2 atom stereocenters. The highest BCUT2D eigenvalue weighted by Gasteiger charge is 2.38. The topological polar surface area (TPSA) is 20.3 Å². The van der Waals surface area contributed by atoms with Crippen LogP contribution in [0.15, 0.2) is 89.5 Å². The standard InChI is InChI=1S/C24H23NOS/c1-18-10-8-16-21-22(18)25(17-9-13-19-11-4-2-5-12-19)24(27-21)23(26)20-14-6-3-7-15-20/h2-9,11-16,18,24H,10,17H2,1H3/b13-9+. The molecule has 0 saturated carbocycles. The van der Waals surface area contributed by atoms with E-state index in [9.17, 15) is 4.79 Å². The first-order chi connectivity index (χ1) is 13.2. The minimum absolute atomic E-state index is 0.184. The fraction of sp³-hybridized carbons (Fsp3) is 0.208. The minimum atomic E-state index is -0.192. The molecule has 2 aromatic rings. The highest BCUT2D eigenvalue weighted by molar-refractivity contribution is 8.04. The second-order valence-electron chi connectivity index (χ2n) is 6.95. The van der Waals surface area contributed by atoms with Crippen LogP contribution >= 0.6 is 11.8 Å². The van der Waals surface area contributed by atoms with E-state index in [2.05, 4.69) is 48.3 Å². The Hall–Kier alpha value is -2.52. The lowest BCUT2D eigenvalue weighted by Gasteiger charge is -2.30. The van der Waals surface area contributed by atoms with Gasteiger partial charge in [-0.1, -0.05) is 104 Å². The Balaban J connectivity index is 1.60. The molecule has 0 spiro atoms. The van der Waals surface area contributed by atoms with Gasteiger partial charge in [0.1, 0.15) is 5.37 Å². The Morgan fingerprint density at radius 3 is 2.56 bits per heavy atom. The zero-order valence-electron chi connectivity index (χ0n) is 15.4. The van der Waals surface area contributed by atoms with Crippen molar-refractivity contribution in [3.05, 3.63) is 101 Å². The molecule has 3 heteroatoms. The number of rotatable bonds is 5. The number of allylic oxidation sites excluding steroid dienone is 3. The van der Waals surface area contributed by atoms with E-state index in [4.69, 9.17) is 0 Å². The third-order valence-corrected chi connectivity index (χ3v) is 6.29. The van der Waals surface area contributed by atoms with Gasteiger partial charge in [-0.3, -0.25) is 4.79 Å². The Labute approximate surface area is 165 Å². The lowest BCUT2D eigenvalue weighted by atomic mass is 9.97. The van der Waals surface area contributed by atoms with E-state index in [-0.39, 0.29) is 11.2 Å². The van der Waals surface area contributed by atoms with Crippen LogP contribution in [0, 0.1) is 5.92 Å². The fourth-order valence-electron chi connectivity index (χ4n) is 3.65. The Bertz CT molecular complexity index is 898. The lowest BCUT2D eigenvalue weighted by Crippen LogP contribution is -2.36. The summed E-state index contributed by atoms with van der Waals surface area (Å²) >= 11 is 1.69. The SMILES string of the molecule is CC1CC=CC2=C1N(C/C=C/c1ccccc1)C(C(=O)c1ccccc1)S2. The molecule has 1 aliphatic heterocycles. The van der Waals surface area contributed by atoms with E-state index in [1.54, 1.807) is 11.8 Å². The number of Topliss-reactive ketones (excluding diaryl/α,β-unsaturated/α-hetero) is 1. The number of hydrogen-bond acceptors (Lipinski definition) is 3. The Kier molecular flexibility index (Phi) is 5.30. The third-order valence-electron chi connectivity index (χ3n) is 5.00. The van der Waals surface area contributed by atoms with Gasteiger partial charge < -0.3 is 4.90 Å². The van der Waals surface area contributed by atoms with Crippen molar-refractivity contribution in [2.75, 3.05) is 6.54 Å². The average molecular weight is 374 g/mol. The van der Waals surface area contributed by atoms with Crippen LogP contribution in [-0.4, -0.2) is 22.6 Å². The van der Waals surface area contributed by atoms with Crippen LogP contribution in [0.3, 0.4) is 0 Å². The van der Waals surface area contributed by atoms with Crippen LogP contribution in [-0.2, 0) is 0 Å². The summed E-state index contributed by atoms with van der Waals surface area (Å²) < 4.78 is 0. The molecule has 2 aliphatic rings. The lowest BCUT2D eigenvalue weighted by molar-refractivity contribution is 0.0931. The highest BCUT2D eigenvalue weighted by Crippen LogP contribution is 2.45. The first kappa shape index (κ1) is 17.9. The zero-order chi connectivity index (χ0) is 18.6. The van der Waals surface area contributed by atoms with Gasteiger partial charge in [-0.15, -0.1) is 0 Å². The number of thioether (sulfide) groups is 1. The molecular weight excluding hydrogens is 350 g/mol. The maximum Gasteiger partial charge on any atom is 0.195 e. The van der Waals surface area contributed by atoms with E-state index in [1.807, 2.05) is 48.5 Å². The number of carbonyl (C=O) groups excluding carboxylic acids is 1. The zero-order valence-corrected chi connectivity index (χ0v) is 16.2. The predicted molar refractivity (Wildman–Crippen MR) is 114 cm³/mol. The van der Waals surface area contributed by atoms with Gasteiger partial charge >= 0.3 is 0 Å². The summed E-state index contributed by atoms with van der Waals surface area (Å²) in [5, 5.41) is -0.192. The van der Waals surface area contributed by atoms with Gasteiger partial charge in [-0.2, -0.15) is 0 Å². The number of ketones is 1. The first-order valence-corrected chi connectivity index (χ1v) is 10.3. The molecule has 2 unspecified atom stereocenters. The van der Waals surface area contributed by atoms with Gasteiger partial charge in [-0.25, -0.2) is 0 Å². The van der Waals surface area contributed by atoms with Crippen LogP contribution in [0.25, 0.3) is 6.08 Å². The largest absolute Gasteiger partial charge is 0.351 e. The third kappa shape index (κ3) is 3.79. The second kappa shape index (κ2) is 8.01. The summed E-state index contributed by atoms with van der Waals surface area (Å²) in [7, 11) is 0. The molecule has 0 bridgehead atoms.